The Morgan fingerprint density at radius 3 is 2.76 bits per heavy atom. The summed E-state index contributed by atoms with van der Waals surface area (Å²) in [6, 6.07) is 5.04. The third-order valence-electron chi connectivity index (χ3n) is 2.19. The van der Waals surface area contributed by atoms with E-state index in [-0.39, 0.29) is 0 Å². The number of aliphatic hydroxyl groups excluding tert-OH is 1. The third-order valence-corrected chi connectivity index (χ3v) is 3.22. The Hall–Kier alpha value is -0.610. The molecule has 0 aromatic heterocycles. The molecule has 0 saturated carbocycles. The zero-order chi connectivity index (χ0) is 12.4. The summed E-state index contributed by atoms with van der Waals surface area (Å²) >= 11 is 15.1. The van der Waals surface area contributed by atoms with Crippen LogP contribution in [0, 0.1) is 0 Å². The normalized spacial score (nSPS) is 21.8. The summed E-state index contributed by atoms with van der Waals surface area (Å²) in [5, 5.41) is 10.8. The Balaban J connectivity index is 2.39. The lowest BCUT2D eigenvalue weighted by molar-refractivity contribution is 0.289. The van der Waals surface area contributed by atoms with E-state index in [0.717, 1.165) is 4.48 Å². The van der Waals surface area contributed by atoms with Gasteiger partial charge in [-0.2, -0.15) is 0 Å². The number of benzene rings is 1. The van der Waals surface area contributed by atoms with Gasteiger partial charge in [0.2, 0.25) is 0 Å². The fourth-order valence-electron chi connectivity index (χ4n) is 1.37. The average molecular weight is 333 g/mol. The van der Waals surface area contributed by atoms with Gasteiger partial charge in [0, 0.05) is 9.51 Å². The molecule has 0 aliphatic heterocycles. The van der Waals surface area contributed by atoms with Crippen molar-refractivity contribution in [2.75, 3.05) is 0 Å². The monoisotopic (exact) mass is 331 g/mol. The maximum absolute atomic E-state index is 9.74. The number of allylic oxidation sites excluding steroid dienone is 2. The van der Waals surface area contributed by atoms with Crippen molar-refractivity contribution in [3.05, 3.63) is 51.0 Å². The van der Waals surface area contributed by atoms with Gasteiger partial charge in [-0.25, -0.2) is 4.99 Å². The molecule has 0 saturated heterocycles. The van der Waals surface area contributed by atoms with Crippen molar-refractivity contribution in [3.63, 3.8) is 0 Å². The van der Waals surface area contributed by atoms with E-state index in [1.807, 2.05) is 0 Å². The molecule has 1 atom stereocenters. The van der Waals surface area contributed by atoms with Crippen LogP contribution in [0.2, 0.25) is 10.0 Å². The van der Waals surface area contributed by atoms with Crippen LogP contribution in [-0.4, -0.2) is 16.9 Å². The molecule has 1 aliphatic rings. The lowest BCUT2D eigenvalue weighted by atomic mass is 10.1. The van der Waals surface area contributed by atoms with Crippen molar-refractivity contribution in [1.82, 2.24) is 0 Å². The molecule has 1 aromatic rings. The van der Waals surface area contributed by atoms with Gasteiger partial charge in [0.15, 0.2) is 0 Å². The molecule has 0 bridgehead atoms. The summed E-state index contributed by atoms with van der Waals surface area (Å²) in [5.41, 5.74) is 1.11. The summed E-state index contributed by atoms with van der Waals surface area (Å²) in [5.74, 6) is 0. The van der Waals surface area contributed by atoms with Crippen molar-refractivity contribution in [3.8, 4) is 0 Å². The number of nitrogens with zero attached hydrogens (tertiary/aromatic N) is 1. The van der Waals surface area contributed by atoms with Gasteiger partial charge in [-0.3, -0.25) is 0 Å². The Labute approximate surface area is 117 Å². The molecule has 0 spiro atoms. The molecule has 0 fully saturated rings. The van der Waals surface area contributed by atoms with Gasteiger partial charge in [-0.05, 0) is 36.4 Å². The summed E-state index contributed by atoms with van der Waals surface area (Å²) < 4.78 is 0.853. The van der Waals surface area contributed by atoms with Gasteiger partial charge < -0.3 is 5.11 Å². The Kier molecular flexibility index (Phi) is 4.05. The van der Waals surface area contributed by atoms with Gasteiger partial charge in [-0.15, -0.1) is 0 Å². The molecular formula is C12H8BrCl2NO. The van der Waals surface area contributed by atoms with E-state index < -0.39 is 6.10 Å². The van der Waals surface area contributed by atoms with E-state index in [0.29, 0.717) is 21.4 Å². The van der Waals surface area contributed by atoms with E-state index in [9.17, 15) is 5.11 Å². The van der Waals surface area contributed by atoms with Crippen LogP contribution in [0.5, 0.6) is 0 Å². The molecule has 88 valence electrons. The molecule has 1 N–H and O–H groups in total. The Morgan fingerprint density at radius 1 is 1.29 bits per heavy atom. The second-order valence-corrected chi connectivity index (χ2v) is 5.22. The SMILES string of the molecule is OC1C=CC(Br)=CC1=Nc1ccc(Cl)cc1Cl. The van der Waals surface area contributed by atoms with E-state index in [2.05, 4.69) is 20.9 Å². The molecule has 0 amide bonds. The van der Waals surface area contributed by atoms with Crippen molar-refractivity contribution < 1.29 is 5.11 Å². The highest BCUT2D eigenvalue weighted by molar-refractivity contribution is 9.11. The maximum atomic E-state index is 9.74. The topological polar surface area (TPSA) is 32.6 Å². The fraction of sp³-hybridized carbons (Fsp3) is 0.0833. The summed E-state index contributed by atoms with van der Waals surface area (Å²) in [6.07, 6.45) is 4.44. The number of aliphatic imine (C=N–C) groups is 1. The highest BCUT2D eigenvalue weighted by Gasteiger charge is 2.12. The molecule has 5 heteroatoms. The lowest BCUT2D eigenvalue weighted by Gasteiger charge is -2.11. The quantitative estimate of drug-likeness (QED) is 0.818. The molecule has 17 heavy (non-hydrogen) atoms. The lowest BCUT2D eigenvalue weighted by Crippen LogP contribution is -2.17. The maximum Gasteiger partial charge on any atom is 0.114 e. The van der Waals surface area contributed by atoms with Crippen molar-refractivity contribution in [2.45, 2.75) is 6.10 Å². The summed E-state index contributed by atoms with van der Waals surface area (Å²) in [6.45, 7) is 0. The molecule has 1 aliphatic carbocycles. The zero-order valence-electron chi connectivity index (χ0n) is 8.57. The minimum atomic E-state index is -0.719. The van der Waals surface area contributed by atoms with Crippen LogP contribution < -0.4 is 0 Å². The first kappa shape index (κ1) is 12.8. The number of hydrogen-bond acceptors (Lipinski definition) is 2. The number of aliphatic hydroxyl groups is 1. The minimum absolute atomic E-state index is 0.455. The first-order valence-electron chi connectivity index (χ1n) is 4.83. The van der Waals surface area contributed by atoms with E-state index in [1.54, 1.807) is 36.4 Å². The van der Waals surface area contributed by atoms with E-state index >= 15 is 0 Å². The van der Waals surface area contributed by atoms with Crippen LogP contribution in [0.15, 0.2) is 45.9 Å². The minimum Gasteiger partial charge on any atom is -0.383 e. The van der Waals surface area contributed by atoms with Gasteiger partial charge in [-0.1, -0.05) is 39.1 Å². The Morgan fingerprint density at radius 2 is 2.06 bits per heavy atom. The van der Waals surface area contributed by atoms with Crippen LogP contribution in [0.4, 0.5) is 5.69 Å². The molecule has 0 heterocycles. The molecule has 1 aromatic carbocycles. The van der Waals surface area contributed by atoms with Gasteiger partial charge >= 0.3 is 0 Å². The molecule has 2 nitrogen and oxygen atoms in total. The number of halogens is 3. The van der Waals surface area contributed by atoms with Gasteiger partial charge in [0.25, 0.3) is 0 Å². The van der Waals surface area contributed by atoms with Crippen molar-refractivity contribution in [2.24, 2.45) is 4.99 Å². The van der Waals surface area contributed by atoms with Crippen LogP contribution in [0.25, 0.3) is 0 Å². The van der Waals surface area contributed by atoms with Crippen molar-refractivity contribution in [1.29, 1.82) is 0 Å². The highest BCUT2D eigenvalue weighted by atomic mass is 79.9. The van der Waals surface area contributed by atoms with Crippen molar-refractivity contribution >= 4 is 50.5 Å². The first-order chi connectivity index (χ1) is 8.06. The summed E-state index contributed by atoms with van der Waals surface area (Å²) in [4.78, 5) is 4.31. The second-order valence-electron chi connectivity index (χ2n) is 3.47. The first-order valence-corrected chi connectivity index (χ1v) is 6.38. The average Bonchev–Trinajstić information content (AvgIpc) is 2.27. The fourth-order valence-corrected chi connectivity index (χ4v) is 2.20. The van der Waals surface area contributed by atoms with Crippen LogP contribution in [0.1, 0.15) is 0 Å². The third kappa shape index (κ3) is 3.19. The number of rotatable bonds is 1. The Bertz CT molecular complexity index is 537. The smallest absolute Gasteiger partial charge is 0.114 e. The van der Waals surface area contributed by atoms with E-state index in [1.165, 1.54) is 0 Å². The predicted molar refractivity (Wildman–Crippen MR) is 75.7 cm³/mol. The molecule has 2 rings (SSSR count). The highest BCUT2D eigenvalue weighted by Crippen LogP contribution is 2.29. The molecular weight excluding hydrogens is 325 g/mol. The largest absolute Gasteiger partial charge is 0.383 e. The van der Waals surface area contributed by atoms with Gasteiger partial charge in [0.1, 0.15) is 6.10 Å². The molecule has 1 unspecified atom stereocenters. The van der Waals surface area contributed by atoms with Crippen LogP contribution >= 0.6 is 39.1 Å². The number of hydrogen-bond donors (Lipinski definition) is 1. The summed E-state index contributed by atoms with van der Waals surface area (Å²) in [7, 11) is 0. The molecule has 0 radical (unpaired) electrons. The van der Waals surface area contributed by atoms with Crippen LogP contribution in [0.3, 0.4) is 0 Å². The standard InChI is InChI=1S/C12H8BrCl2NO/c13-7-1-4-12(17)11(5-7)16-10-3-2-8(14)6-9(10)15/h1-6,12,17H. The van der Waals surface area contributed by atoms with Crippen LogP contribution in [-0.2, 0) is 0 Å². The predicted octanol–water partition coefficient (Wildman–Crippen LogP) is 4.28. The second kappa shape index (κ2) is 5.36. The zero-order valence-corrected chi connectivity index (χ0v) is 11.7. The van der Waals surface area contributed by atoms with Gasteiger partial charge in [0.05, 0.1) is 16.4 Å². The van der Waals surface area contributed by atoms with E-state index in [4.69, 9.17) is 23.2 Å².